The van der Waals surface area contributed by atoms with Crippen LogP contribution in [0.3, 0.4) is 0 Å². The van der Waals surface area contributed by atoms with Gasteiger partial charge in [-0.3, -0.25) is 14.4 Å². The van der Waals surface area contributed by atoms with E-state index in [1.54, 1.807) is 0 Å². The molecule has 0 spiro atoms. The van der Waals surface area contributed by atoms with Crippen LogP contribution in [0.1, 0.15) is 233 Å². The molecule has 0 fully saturated rings. The molecule has 0 N–H and O–H groups in total. The van der Waals surface area contributed by atoms with E-state index in [1.165, 1.54) is 103 Å². The van der Waals surface area contributed by atoms with Gasteiger partial charge in [0.05, 0.1) is 0 Å². The Labute approximate surface area is 394 Å². The molecule has 0 saturated carbocycles. The Hall–Kier alpha value is -3.67. The highest BCUT2D eigenvalue weighted by Crippen LogP contribution is 2.14. The van der Waals surface area contributed by atoms with Crippen LogP contribution in [-0.4, -0.2) is 37.2 Å². The monoisotopic (exact) mass is 889 g/mol. The zero-order chi connectivity index (χ0) is 46.5. The van der Waals surface area contributed by atoms with Gasteiger partial charge in [-0.25, -0.2) is 0 Å². The average molecular weight is 889 g/mol. The summed E-state index contributed by atoms with van der Waals surface area (Å²) in [6.45, 7) is 6.41. The molecule has 1 atom stereocenters. The van der Waals surface area contributed by atoms with Gasteiger partial charge in [0.2, 0.25) is 0 Å². The molecule has 0 aliphatic rings. The number of unbranched alkanes of at least 4 members (excludes halogenated alkanes) is 19. The highest BCUT2D eigenvalue weighted by atomic mass is 16.6. The van der Waals surface area contributed by atoms with Crippen molar-refractivity contribution in [2.45, 2.75) is 239 Å². The maximum atomic E-state index is 12.8. The molecule has 6 nitrogen and oxygen atoms in total. The summed E-state index contributed by atoms with van der Waals surface area (Å²) in [5, 5.41) is 0. The Balaban J connectivity index is 4.53. The van der Waals surface area contributed by atoms with Crippen LogP contribution < -0.4 is 0 Å². The topological polar surface area (TPSA) is 78.9 Å². The molecular formula is C58H96O6. The summed E-state index contributed by atoms with van der Waals surface area (Å²) in [5.41, 5.74) is 0. The highest BCUT2D eigenvalue weighted by molar-refractivity contribution is 5.71. The van der Waals surface area contributed by atoms with E-state index >= 15 is 0 Å². The molecule has 0 aromatic rings. The van der Waals surface area contributed by atoms with E-state index in [2.05, 4.69) is 118 Å². The largest absolute Gasteiger partial charge is 0.462 e. The minimum absolute atomic E-state index is 0.121. The first-order valence-electron chi connectivity index (χ1n) is 26.2. The van der Waals surface area contributed by atoms with Crippen molar-refractivity contribution in [1.29, 1.82) is 0 Å². The molecule has 0 aliphatic heterocycles. The molecular weight excluding hydrogens is 793 g/mol. The van der Waals surface area contributed by atoms with Crippen LogP contribution in [0.5, 0.6) is 0 Å². The molecule has 0 bridgehead atoms. The van der Waals surface area contributed by atoms with Crippen molar-refractivity contribution in [2.75, 3.05) is 13.2 Å². The van der Waals surface area contributed by atoms with E-state index in [-0.39, 0.29) is 44.0 Å². The Morgan fingerprint density at radius 1 is 0.328 bits per heavy atom. The molecule has 0 amide bonds. The van der Waals surface area contributed by atoms with Crippen molar-refractivity contribution in [2.24, 2.45) is 0 Å². The van der Waals surface area contributed by atoms with Gasteiger partial charge in [-0.1, -0.05) is 221 Å². The lowest BCUT2D eigenvalue weighted by Gasteiger charge is -2.18. The summed E-state index contributed by atoms with van der Waals surface area (Å²) >= 11 is 0. The van der Waals surface area contributed by atoms with Crippen molar-refractivity contribution in [1.82, 2.24) is 0 Å². The van der Waals surface area contributed by atoms with Crippen molar-refractivity contribution < 1.29 is 28.6 Å². The summed E-state index contributed by atoms with van der Waals surface area (Å²) in [7, 11) is 0. The lowest BCUT2D eigenvalue weighted by Crippen LogP contribution is -2.30. The Kier molecular flexibility index (Phi) is 49.0. The van der Waals surface area contributed by atoms with Crippen LogP contribution in [0.15, 0.2) is 97.2 Å². The number of hydrogen-bond donors (Lipinski definition) is 0. The van der Waals surface area contributed by atoms with Crippen molar-refractivity contribution in [3.8, 4) is 0 Å². The zero-order valence-corrected chi connectivity index (χ0v) is 41.5. The molecule has 364 valence electrons. The highest BCUT2D eigenvalue weighted by Gasteiger charge is 2.19. The number of allylic oxidation sites excluding steroid dienone is 16. The molecule has 0 heterocycles. The van der Waals surface area contributed by atoms with Gasteiger partial charge in [0.25, 0.3) is 0 Å². The standard InChI is InChI=1S/C58H96O6/c1-4-7-10-13-16-19-22-25-27-29-31-33-36-38-41-44-47-50-56(59)62-53-55(64-58(61)52-49-46-43-40-35-24-21-18-15-12-9-6-3)54-63-57(60)51-48-45-42-39-37-34-32-30-28-26-23-20-17-14-11-8-5-2/h7,10,16,19,25-28,31-34,38-39,41-42,55H,4-6,8-9,11-15,17-18,20-24,29-30,35-37,40,43-54H2,1-3H3/b10-7-,19-16-,27-25-,28-26-,33-31-,34-32-,41-38-,42-39-/t55-/m1/s1. The van der Waals surface area contributed by atoms with Crippen LogP contribution in [0.25, 0.3) is 0 Å². The number of rotatable bonds is 46. The van der Waals surface area contributed by atoms with Gasteiger partial charge < -0.3 is 14.2 Å². The summed E-state index contributed by atoms with van der Waals surface area (Å²) < 4.78 is 16.7. The fourth-order valence-electron chi connectivity index (χ4n) is 6.90. The van der Waals surface area contributed by atoms with Gasteiger partial charge in [-0.15, -0.1) is 0 Å². The third kappa shape index (κ3) is 49.3. The Morgan fingerprint density at radius 2 is 0.625 bits per heavy atom. The van der Waals surface area contributed by atoms with Crippen LogP contribution in [0, 0.1) is 0 Å². The maximum Gasteiger partial charge on any atom is 0.306 e. The van der Waals surface area contributed by atoms with E-state index in [9.17, 15) is 14.4 Å². The summed E-state index contributed by atoms with van der Waals surface area (Å²) in [6.07, 6.45) is 68.3. The van der Waals surface area contributed by atoms with Crippen LogP contribution in [0.4, 0.5) is 0 Å². The fourth-order valence-corrected chi connectivity index (χ4v) is 6.90. The SMILES string of the molecule is CC/C=C\C/C=C\C/C=C\C/C=C\C/C=C\CCCC(=O)OC[C@H](COC(=O)CCC/C=C\C/C=C\C/C=C\CCCCCCCC)OC(=O)CCCCCCCCCCCCCC. The first kappa shape index (κ1) is 60.3. The third-order valence-corrected chi connectivity index (χ3v) is 10.8. The van der Waals surface area contributed by atoms with E-state index in [4.69, 9.17) is 14.2 Å². The molecule has 0 aliphatic carbocycles. The normalized spacial score (nSPS) is 12.9. The van der Waals surface area contributed by atoms with Gasteiger partial charge in [-0.05, 0) is 89.9 Å². The minimum atomic E-state index is -0.819. The van der Waals surface area contributed by atoms with Crippen molar-refractivity contribution in [3.63, 3.8) is 0 Å². The lowest BCUT2D eigenvalue weighted by molar-refractivity contribution is -0.167. The van der Waals surface area contributed by atoms with Crippen LogP contribution in [0.2, 0.25) is 0 Å². The molecule has 0 rings (SSSR count). The molecule has 0 saturated heterocycles. The number of ether oxygens (including phenoxy) is 3. The zero-order valence-electron chi connectivity index (χ0n) is 41.5. The van der Waals surface area contributed by atoms with E-state index in [0.717, 1.165) is 77.0 Å². The Bertz CT molecular complexity index is 1300. The minimum Gasteiger partial charge on any atom is -0.462 e. The number of carbonyl (C=O) groups excluding carboxylic acids is 3. The number of hydrogen-bond acceptors (Lipinski definition) is 6. The fraction of sp³-hybridized carbons (Fsp3) is 0.672. The number of carbonyl (C=O) groups is 3. The summed E-state index contributed by atoms with van der Waals surface area (Å²) in [5.74, 6) is -1.03. The lowest BCUT2D eigenvalue weighted by atomic mass is 10.0. The van der Waals surface area contributed by atoms with Gasteiger partial charge in [0.15, 0.2) is 6.10 Å². The number of esters is 3. The first-order chi connectivity index (χ1) is 31.5. The predicted molar refractivity (Wildman–Crippen MR) is 274 cm³/mol. The van der Waals surface area contributed by atoms with Crippen LogP contribution >= 0.6 is 0 Å². The van der Waals surface area contributed by atoms with Gasteiger partial charge in [-0.2, -0.15) is 0 Å². The molecule has 64 heavy (non-hydrogen) atoms. The maximum absolute atomic E-state index is 12.8. The van der Waals surface area contributed by atoms with E-state index in [0.29, 0.717) is 19.3 Å². The quantitative estimate of drug-likeness (QED) is 0.0262. The molecule has 0 aromatic carbocycles. The second-order valence-electron chi connectivity index (χ2n) is 17.1. The van der Waals surface area contributed by atoms with Gasteiger partial charge in [0, 0.05) is 19.3 Å². The average Bonchev–Trinajstić information content (AvgIpc) is 3.29. The van der Waals surface area contributed by atoms with Crippen LogP contribution in [-0.2, 0) is 28.6 Å². The third-order valence-electron chi connectivity index (χ3n) is 10.8. The van der Waals surface area contributed by atoms with Crippen molar-refractivity contribution >= 4 is 17.9 Å². The van der Waals surface area contributed by atoms with Gasteiger partial charge in [0.1, 0.15) is 13.2 Å². The second-order valence-corrected chi connectivity index (χ2v) is 17.1. The second kappa shape index (κ2) is 52.0. The molecule has 0 aromatic heterocycles. The first-order valence-corrected chi connectivity index (χ1v) is 26.2. The molecule has 0 unspecified atom stereocenters. The van der Waals surface area contributed by atoms with E-state index in [1.807, 2.05) is 0 Å². The van der Waals surface area contributed by atoms with Crippen molar-refractivity contribution in [3.05, 3.63) is 97.2 Å². The predicted octanol–water partition coefficient (Wildman–Crippen LogP) is 17.4. The van der Waals surface area contributed by atoms with Gasteiger partial charge >= 0.3 is 17.9 Å². The molecule has 6 heteroatoms. The summed E-state index contributed by atoms with van der Waals surface area (Å²) in [6, 6.07) is 0. The van der Waals surface area contributed by atoms with E-state index < -0.39 is 6.10 Å². The Morgan fingerprint density at radius 3 is 1.00 bits per heavy atom. The summed E-state index contributed by atoms with van der Waals surface area (Å²) in [4.78, 5) is 37.9. The molecule has 0 radical (unpaired) electrons. The smallest absolute Gasteiger partial charge is 0.306 e.